The van der Waals surface area contributed by atoms with Crippen LogP contribution < -0.4 is 11.1 Å². The molecule has 0 radical (unpaired) electrons. The van der Waals surface area contributed by atoms with Crippen molar-refractivity contribution in [2.75, 3.05) is 20.2 Å². The molecule has 1 unspecified atom stereocenters. The molecule has 0 spiro atoms. The molecule has 1 rings (SSSR count). The summed E-state index contributed by atoms with van der Waals surface area (Å²) in [5.74, 6) is -0.0257. The molecule has 0 aromatic carbocycles. The Labute approximate surface area is 104 Å². The van der Waals surface area contributed by atoms with Crippen molar-refractivity contribution in [2.45, 2.75) is 51.6 Å². The van der Waals surface area contributed by atoms with Crippen LogP contribution in [0.3, 0.4) is 0 Å². The minimum Gasteiger partial charge on any atom is -0.369 e. The SMILES string of the molecule is CCC(C)(OC)C(=O)NCC1(CN)CCCC1. The fraction of sp³-hybridized carbons (Fsp3) is 0.923. The number of methoxy groups -OCH3 is 1. The second kappa shape index (κ2) is 5.83. The third-order valence-corrected chi connectivity index (χ3v) is 4.33. The lowest BCUT2D eigenvalue weighted by atomic mass is 9.86. The zero-order chi connectivity index (χ0) is 12.9. The molecule has 1 amide bonds. The molecular weight excluding hydrogens is 216 g/mol. The summed E-state index contributed by atoms with van der Waals surface area (Å²) < 4.78 is 5.29. The van der Waals surface area contributed by atoms with E-state index < -0.39 is 5.60 Å². The monoisotopic (exact) mass is 242 g/mol. The lowest BCUT2D eigenvalue weighted by Gasteiger charge is -2.31. The molecule has 17 heavy (non-hydrogen) atoms. The van der Waals surface area contributed by atoms with Gasteiger partial charge in [-0.1, -0.05) is 19.8 Å². The van der Waals surface area contributed by atoms with E-state index in [0.29, 0.717) is 19.5 Å². The summed E-state index contributed by atoms with van der Waals surface area (Å²) in [7, 11) is 1.58. The van der Waals surface area contributed by atoms with Gasteiger partial charge in [-0.05, 0) is 38.1 Å². The number of amides is 1. The Morgan fingerprint density at radius 2 is 2.06 bits per heavy atom. The van der Waals surface area contributed by atoms with Gasteiger partial charge in [-0.3, -0.25) is 4.79 Å². The van der Waals surface area contributed by atoms with Crippen molar-refractivity contribution < 1.29 is 9.53 Å². The van der Waals surface area contributed by atoms with Gasteiger partial charge < -0.3 is 15.8 Å². The van der Waals surface area contributed by atoms with Gasteiger partial charge in [0.15, 0.2) is 0 Å². The van der Waals surface area contributed by atoms with Gasteiger partial charge in [0.05, 0.1) is 0 Å². The Kier molecular flexibility index (Phi) is 4.95. The van der Waals surface area contributed by atoms with E-state index in [-0.39, 0.29) is 11.3 Å². The first-order valence-electron chi connectivity index (χ1n) is 6.55. The molecule has 3 N–H and O–H groups in total. The van der Waals surface area contributed by atoms with E-state index in [1.165, 1.54) is 12.8 Å². The van der Waals surface area contributed by atoms with Crippen LogP contribution in [0.25, 0.3) is 0 Å². The highest BCUT2D eigenvalue weighted by Crippen LogP contribution is 2.36. The maximum atomic E-state index is 12.1. The van der Waals surface area contributed by atoms with Crippen LogP contribution in [0.2, 0.25) is 0 Å². The van der Waals surface area contributed by atoms with Crippen molar-refractivity contribution in [2.24, 2.45) is 11.1 Å². The van der Waals surface area contributed by atoms with Gasteiger partial charge in [-0.15, -0.1) is 0 Å². The molecule has 0 bridgehead atoms. The number of rotatable bonds is 6. The molecule has 0 aromatic rings. The van der Waals surface area contributed by atoms with Crippen LogP contribution in [-0.2, 0) is 9.53 Å². The fourth-order valence-corrected chi connectivity index (χ4v) is 2.43. The minimum absolute atomic E-state index is 0.0257. The Balaban J connectivity index is 2.52. The third-order valence-electron chi connectivity index (χ3n) is 4.33. The van der Waals surface area contributed by atoms with Gasteiger partial charge >= 0.3 is 0 Å². The predicted octanol–water partition coefficient (Wildman–Crippen LogP) is 1.44. The molecule has 1 fully saturated rings. The molecule has 4 heteroatoms. The molecule has 0 heterocycles. The van der Waals surface area contributed by atoms with Crippen molar-refractivity contribution in [3.05, 3.63) is 0 Å². The van der Waals surface area contributed by atoms with Crippen LogP contribution in [0.4, 0.5) is 0 Å². The molecule has 4 nitrogen and oxygen atoms in total. The third kappa shape index (κ3) is 3.19. The molecule has 0 saturated heterocycles. The Hall–Kier alpha value is -0.610. The van der Waals surface area contributed by atoms with E-state index in [9.17, 15) is 4.79 Å². The number of nitrogens with two attached hydrogens (primary N) is 1. The first-order valence-corrected chi connectivity index (χ1v) is 6.55. The van der Waals surface area contributed by atoms with Crippen LogP contribution in [0, 0.1) is 5.41 Å². The van der Waals surface area contributed by atoms with E-state index in [1.54, 1.807) is 7.11 Å². The van der Waals surface area contributed by atoms with Gasteiger partial charge in [0.25, 0.3) is 5.91 Å². The number of carbonyl (C=O) groups is 1. The summed E-state index contributed by atoms with van der Waals surface area (Å²) in [4.78, 5) is 12.1. The molecule has 1 saturated carbocycles. The topological polar surface area (TPSA) is 64.3 Å². The predicted molar refractivity (Wildman–Crippen MR) is 68.7 cm³/mol. The van der Waals surface area contributed by atoms with E-state index >= 15 is 0 Å². The lowest BCUT2D eigenvalue weighted by Crippen LogP contribution is -2.49. The molecule has 0 aromatic heterocycles. The standard InChI is InChI=1S/C13H26N2O2/c1-4-12(2,17-3)11(16)15-10-13(9-14)7-5-6-8-13/h4-10,14H2,1-3H3,(H,15,16). The minimum atomic E-state index is -0.714. The molecule has 0 aliphatic heterocycles. The maximum Gasteiger partial charge on any atom is 0.251 e. The van der Waals surface area contributed by atoms with Crippen molar-refractivity contribution >= 4 is 5.91 Å². The van der Waals surface area contributed by atoms with E-state index in [4.69, 9.17) is 10.5 Å². The number of nitrogens with one attached hydrogen (secondary N) is 1. The Bertz CT molecular complexity index is 256. The Morgan fingerprint density at radius 3 is 2.47 bits per heavy atom. The number of carbonyl (C=O) groups excluding carboxylic acids is 1. The van der Waals surface area contributed by atoms with Crippen LogP contribution >= 0.6 is 0 Å². The summed E-state index contributed by atoms with van der Waals surface area (Å²) in [6, 6.07) is 0. The molecule has 1 atom stereocenters. The summed E-state index contributed by atoms with van der Waals surface area (Å²) in [5, 5.41) is 3.01. The second-order valence-corrected chi connectivity index (χ2v) is 5.38. The van der Waals surface area contributed by atoms with Crippen molar-refractivity contribution in [1.82, 2.24) is 5.32 Å². The molecule has 1 aliphatic carbocycles. The number of hydrogen-bond donors (Lipinski definition) is 2. The smallest absolute Gasteiger partial charge is 0.251 e. The Morgan fingerprint density at radius 1 is 1.47 bits per heavy atom. The van der Waals surface area contributed by atoms with Crippen LogP contribution in [0.5, 0.6) is 0 Å². The molecular formula is C13H26N2O2. The summed E-state index contributed by atoms with van der Waals surface area (Å²) in [5.41, 5.74) is 5.26. The van der Waals surface area contributed by atoms with Crippen LogP contribution in [0.15, 0.2) is 0 Å². The molecule has 1 aliphatic rings. The van der Waals surface area contributed by atoms with E-state index in [2.05, 4.69) is 5.32 Å². The van der Waals surface area contributed by atoms with Gasteiger partial charge in [-0.2, -0.15) is 0 Å². The van der Waals surface area contributed by atoms with Gasteiger partial charge in [0, 0.05) is 13.7 Å². The van der Waals surface area contributed by atoms with Crippen molar-refractivity contribution in [3.8, 4) is 0 Å². The van der Waals surface area contributed by atoms with Crippen molar-refractivity contribution in [3.63, 3.8) is 0 Å². The normalized spacial score (nSPS) is 22.1. The summed E-state index contributed by atoms with van der Waals surface area (Å²) in [6.07, 6.45) is 5.37. The van der Waals surface area contributed by atoms with Gasteiger partial charge in [0.2, 0.25) is 0 Å². The lowest BCUT2D eigenvalue weighted by molar-refractivity contribution is -0.142. The first kappa shape index (κ1) is 14.5. The maximum absolute atomic E-state index is 12.1. The van der Waals surface area contributed by atoms with Crippen LogP contribution in [-0.4, -0.2) is 31.7 Å². The highest BCUT2D eigenvalue weighted by Gasteiger charge is 2.36. The average molecular weight is 242 g/mol. The molecule has 100 valence electrons. The largest absolute Gasteiger partial charge is 0.369 e. The second-order valence-electron chi connectivity index (χ2n) is 5.38. The van der Waals surface area contributed by atoms with E-state index in [1.807, 2.05) is 13.8 Å². The van der Waals surface area contributed by atoms with Crippen LogP contribution in [0.1, 0.15) is 46.0 Å². The highest BCUT2D eigenvalue weighted by molar-refractivity contribution is 5.84. The summed E-state index contributed by atoms with van der Waals surface area (Å²) in [6.45, 7) is 5.12. The van der Waals surface area contributed by atoms with Gasteiger partial charge in [0.1, 0.15) is 5.60 Å². The van der Waals surface area contributed by atoms with Gasteiger partial charge in [-0.25, -0.2) is 0 Å². The van der Waals surface area contributed by atoms with Crippen molar-refractivity contribution in [1.29, 1.82) is 0 Å². The number of ether oxygens (including phenoxy) is 1. The zero-order valence-electron chi connectivity index (χ0n) is 11.3. The first-order chi connectivity index (χ1) is 8.02. The zero-order valence-corrected chi connectivity index (χ0v) is 11.3. The summed E-state index contributed by atoms with van der Waals surface area (Å²) >= 11 is 0. The fourth-order valence-electron chi connectivity index (χ4n) is 2.43. The number of hydrogen-bond acceptors (Lipinski definition) is 3. The quantitative estimate of drug-likeness (QED) is 0.740. The average Bonchev–Trinajstić information content (AvgIpc) is 2.84. The van der Waals surface area contributed by atoms with E-state index in [0.717, 1.165) is 12.8 Å². The highest BCUT2D eigenvalue weighted by atomic mass is 16.5.